The summed E-state index contributed by atoms with van der Waals surface area (Å²) in [5.41, 5.74) is 6.06. The van der Waals surface area contributed by atoms with E-state index in [1.165, 1.54) is 48.7 Å². The van der Waals surface area contributed by atoms with Gasteiger partial charge in [0.2, 0.25) is 23.6 Å². The van der Waals surface area contributed by atoms with E-state index in [1.807, 2.05) is 19.9 Å². The number of amides is 2. The maximum atomic E-state index is 15.2. The van der Waals surface area contributed by atoms with Crippen LogP contribution in [-0.2, 0) is 34.8 Å². The molecule has 0 aliphatic carbocycles. The topological polar surface area (TPSA) is 153 Å². The molecular formula is C49H44F6N6O5. The first kappa shape index (κ1) is 46.4. The van der Waals surface area contributed by atoms with Crippen molar-refractivity contribution in [2.75, 3.05) is 0 Å². The van der Waals surface area contributed by atoms with Crippen LogP contribution in [0.3, 0.4) is 0 Å². The Kier molecular flexibility index (Phi) is 12.5. The molecule has 0 aliphatic rings. The second kappa shape index (κ2) is 17.8. The quantitative estimate of drug-likeness (QED) is 0.0497. The Balaban J connectivity index is 1.38. The molecule has 2 aromatic heterocycles. The maximum absolute atomic E-state index is 15.2. The van der Waals surface area contributed by atoms with Crippen molar-refractivity contribution in [1.82, 2.24) is 20.0 Å². The maximum Gasteiger partial charge on any atom is 0.416 e. The van der Waals surface area contributed by atoms with Crippen molar-refractivity contribution in [2.24, 2.45) is 10.2 Å². The predicted molar refractivity (Wildman–Crippen MR) is 240 cm³/mol. The number of nitrogens with one attached hydrogen (secondary N) is 2. The van der Waals surface area contributed by atoms with Gasteiger partial charge in [0.15, 0.2) is 0 Å². The van der Waals surface area contributed by atoms with E-state index in [4.69, 9.17) is 0 Å². The molecule has 11 nitrogen and oxygen atoms in total. The van der Waals surface area contributed by atoms with E-state index in [0.29, 0.717) is 16.8 Å². The van der Waals surface area contributed by atoms with Crippen LogP contribution in [-0.4, -0.2) is 47.7 Å². The third kappa shape index (κ3) is 9.46. The number of phenols is 1. The number of hydrogen-bond donors (Lipinski definition) is 5. The third-order valence-corrected chi connectivity index (χ3v) is 11.0. The van der Waals surface area contributed by atoms with Gasteiger partial charge >= 0.3 is 12.4 Å². The van der Waals surface area contributed by atoms with E-state index in [1.54, 1.807) is 50.2 Å². The zero-order valence-electron chi connectivity index (χ0n) is 36.5. The molecule has 0 saturated heterocycles. The average molecular weight is 911 g/mol. The minimum absolute atomic E-state index is 0.00821. The van der Waals surface area contributed by atoms with Crippen LogP contribution in [0.25, 0.3) is 33.2 Å². The van der Waals surface area contributed by atoms with Crippen LogP contribution < -0.4 is 10.9 Å². The molecule has 5 N–H and O–H groups in total. The number of aromatic nitrogens is 2. The molecule has 5 aromatic carbocycles. The van der Waals surface area contributed by atoms with Crippen molar-refractivity contribution in [3.63, 3.8) is 0 Å². The molecule has 7 rings (SSSR count). The summed E-state index contributed by atoms with van der Waals surface area (Å²) in [6.07, 6.45) is -10.1. The van der Waals surface area contributed by atoms with Crippen LogP contribution in [0.4, 0.5) is 26.3 Å². The molecule has 66 heavy (non-hydrogen) atoms. The highest BCUT2D eigenvalue weighted by molar-refractivity contribution is 6.14. The van der Waals surface area contributed by atoms with Crippen LogP contribution >= 0.6 is 0 Å². The SMILES string of the molecule is CCC(=O)NN=C(C)c1c(O)n(-c2cc(C)cc(C)c2)c2cc(C(F)(F)F)c(Cc3cc(C)cc(-n4c(O)c(C(C)=NNC(=O)Cc5ccc(O)cc5)c5ccc(C(F)(F)F)cc54)c3)cc12. The van der Waals surface area contributed by atoms with Gasteiger partial charge in [-0.05, 0) is 135 Å². The van der Waals surface area contributed by atoms with E-state index >= 15 is 13.2 Å². The molecule has 342 valence electrons. The molecule has 7 aromatic rings. The molecule has 0 fully saturated rings. The molecule has 0 bridgehead atoms. The van der Waals surface area contributed by atoms with E-state index in [0.717, 1.165) is 33.9 Å². The fourth-order valence-electron chi connectivity index (χ4n) is 8.16. The van der Waals surface area contributed by atoms with Crippen LogP contribution in [0, 0.1) is 20.8 Å². The van der Waals surface area contributed by atoms with Gasteiger partial charge in [0.25, 0.3) is 0 Å². The van der Waals surface area contributed by atoms with Crippen molar-refractivity contribution in [1.29, 1.82) is 0 Å². The van der Waals surface area contributed by atoms with Gasteiger partial charge < -0.3 is 15.3 Å². The van der Waals surface area contributed by atoms with Crippen molar-refractivity contribution in [3.05, 3.63) is 147 Å². The van der Waals surface area contributed by atoms with E-state index in [2.05, 4.69) is 21.1 Å². The number of hydrogen-bond acceptors (Lipinski definition) is 7. The summed E-state index contributed by atoms with van der Waals surface area (Å²) in [5, 5.41) is 41.9. The largest absolute Gasteiger partial charge is 0.508 e. The molecule has 0 aliphatic heterocycles. The summed E-state index contributed by atoms with van der Waals surface area (Å²) < 4.78 is 90.7. The Morgan fingerprint density at radius 3 is 1.70 bits per heavy atom. The van der Waals surface area contributed by atoms with Crippen molar-refractivity contribution < 1.29 is 51.3 Å². The minimum atomic E-state index is -4.91. The molecule has 0 unspecified atom stereocenters. The van der Waals surface area contributed by atoms with Crippen molar-refractivity contribution in [3.8, 4) is 28.9 Å². The van der Waals surface area contributed by atoms with E-state index < -0.39 is 47.1 Å². The number of halogens is 6. The second-order valence-corrected chi connectivity index (χ2v) is 16.2. The number of fused-ring (bicyclic) bond motifs is 2. The summed E-state index contributed by atoms with van der Waals surface area (Å²) in [4.78, 5) is 25.0. The fraction of sp³-hybridized carbons (Fsp3) is 0.224. The Morgan fingerprint density at radius 2 is 1.14 bits per heavy atom. The number of rotatable bonds is 11. The highest BCUT2D eigenvalue weighted by Gasteiger charge is 2.36. The van der Waals surface area contributed by atoms with Gasteiger partial charge in [-0.2, -0.15) is 36.5 Å². The Morgan fingerprint density at radius 1 is 0.606 bits per heavy atom. The van der Waals surface area contributed by atoms with Gasteiger partial charge in [-0.25, -0.2) is 10.9 Å². The first-order valence-corrected chi connectivity index (χ1v) is 20.6. The van der Waals surface area contributed by atoms with Crippen LogP contribution in [0.15, 0.2) is 101 Å². The standard InChI is InChI=1S/C49H44F6N6O5/c1-7-42(63)58-56-29(6)45-38-22-32(39(49(53,54)55)24-41(38)60(47(45)66)34-16-25(2)14-26(3)17-34)19-31-15-27(4)18-35(20-31)61-40-23-33(48(50,51)52)10-13-37(40)44(46(61)65)28(5)57-59-43(64)21-30-8-11-36(62)12-9-30/h8-18,20,22-24,62,65-66H,7,19,21H2,1-6H3,(H,58,63)(H,59,64). The van der Waals surface area contributed by atoms with E-state index in [9.17, 15) is 38.1 Å². The van der Waals surface area contributed by atoms with Crippen LogP contribution in [0.5, 0.6) is 17.5 Å². The van der Waals surface area contributed by atoms with Gasteiger partial charge in [-0.1, -0.05) is 37.3 Å². The zero-order valence-corrected chi connectivity index (χ0v) is 36.5. The second-order valence-electron chi connectivity index (χ2n) is 16.2. The third-order valence-electron chi connectivity index (χ3n) is 11.0. The number of nitrogens with zero attached hydrogens (tertiary/aromatic N) is 4. The van der Waals surface area contributed by atoms with Gasteiger partial charge in [0.05, 0.1) is 51.1 Å². The minimum Gasteiger partial charge on any atom is -0.508 e. The predicted octanol–water partition coefficient (Wildman–Crippen LogP) is 10.6. The first-order valence-electron chi connectivity index (χ1n) is 20.6. The lowest BCUT2D eigenvalue weighted by Crippen LogP contribution is -2.21. The lowest BCUT2D eigenvalue weighted by atomic mass is 9.95. The highest BCUT2D eigenvalue weighted by Crippen LogP contribution is 2.43. The number of benzene rings is 5. The van der Waals surface area contributed by atoms with E-state index in [-0.39, 0.29) is 86.2 Å². The highest BCUT2D eigenvalue weighted by atomic mass is 19.4. The number of aryl methyl sites for hydroxylation is 3. The monoisotopic (exact) mass is 910 g/mol. The lowest BCUT2D eigenvalue weighted by molar-refractivity contribution is -0.138. The molecule has 0 atom stereocenters. The van der Waals surface area contributed by atoms with Crippen LogP contribution in [0.1, 0.15) is 82.8 Å². The zero-order chi connectivity index (χ0) is 48.0. The van der Waals surface area contributed by atoms with Gasteiger partial charge in [-0.15, -0.1) is 0 Å². The summed E-state index contributed by atoms with van der Waals surface area (Å²) in [6.45, 7) is 9.83. The Labute approximate surface area is 374 Å². The molecule has 2 heterocycles. The van der Waals surface area contributed by atoms with Gasteiger partial charge in [-0.3, -0.25) is 18.7 Å². The summed E-state index contributed by atoms with van der Waals surface area (Å²) in [5.74, 6) is -1.94. The van der Waals surface area contributed by atoms with Crippen LogP contribution in [0.2, 0.25) is 0 Å². The molecule has 0 saturated carbocycles. The fourth-order valence-corrected chi connectivity index (χ4v) is 8.16. The number of carbonyl (C=O) groups is 2. The Bertz CT molecular complexity index is 3110. The smallest absolute Gasteiger partial charge is 0.416 e. The molecule has 17 heteroatoms. The van der Waals surface area contributed by atoms with Crippen molar-refractivity contribution >= 4 is 45.0 Å². The summed E-state index contributed by atoms with van der Waals surface area (Å²) in [7, 11) is 0. The number of carbonyl (C=O) groups excluding carboxylic acids is 2. The van der Waals surface area contributed by atoms with Gasteiger partial charge in [0.1, 0.15) is 5.75 Å². The van der Waals surface area contributed by atoms with Crippen molar-refractivity contribution in [2.45, 2.75) is 73.2 Å². The average Bonchev–Trinajstić information content (AvgIpc) is 3.69. The number of phenolic OH excluding ortho intramolecular Hbond substituents is 1. The lowest BCUT2D eigenvalue weighted by Gasteiger charge is -2.17. The summed E-state index contributed by atoms with van der Waals surface area (Å²) in [6, 6.07) is 20.9. The normalized spacial score (nSPS) is 12.6. The molecule has 0 spiro atoms. The Hall–Kier alpha value is -7.56. The molecule has 0 radical (unpaired) electrons. The molecule has 2 amide bonds. The number of alkyl halides is 6. The number of aromatic hydroxyl groups is 3. The summed E-state index contributed by atoms with van der Waals surface area (Å²) >= 11 is 0. The number of hydrazone groups is 2. The first-order chi connectivity index (χ1) is 31.0. The van der Waals surface area contributed by atoms with Gasteiger partial charge in [0, 0.05) is 28.6 Å². The molecular weight excluding hydrogens is 867 g/mol.